The van der Waals surface area contributed by atoms with Crippen molar-refractivity contribution in [3.05, 3.63) is 11.6 Å². The minimum atomic E-state index is -3.12. The molecule has 4 rings (SSSR count). The number of hydrogen-bond acceptors (Lipinski definition) is 4. The van der Waals surface area contributed by atoms with Gasteiger partial charge in [0, 0.05) is 12.0 Å². The number of sulfone groups is 1. The van der Waals surface area contributed by atoms with Gasteiger partial charge in [-0.15, -0.1) is 0 Å². The predicted octanol–water partition coefficient (Wildman–Crippen LogP) is 6.57. The molecule has 1 saturated heterocycles. The Morgan fingerprint density at radius 2 is 1.85 bits per heavy atom. The van der Waals surface area contributed by atoms with E-state index in [0.717, 1.165) is 57.7 Å². The van der Waals surface area contributed by atoms with Crippen LogP contribution in [-0.2, 0) is 19.1 Å². The van der Waals surface area contributed by atoms with E-state index in [0.29, 0.717) is 17.6 Å². The van der Waals surface area contributed by atoms with Gasteiger partial charge in [-0.25, -0.2) is 8.42 Å². The molecule has 0 aromatic heterocycles. The first-order chi connectivity index (χ1) is 15.7. The summed E-state index contributed by atoms with van der Waals surface area (Å²) in [5.41, 5.74) is 1.52. The lowest BCUT2D eigenvalue weighted by molar-refractivity contribution is -0.113. The van der Waals surface area contributed by atoms with Crippen LogP contribution in [0.4, 0.5) is 0 Å². The van der Waals surface area contributed by atoms with E-state index in [1.165, 1.54) is 5.57 Å². The lowest BCUT2D eigenvalue weighted by atomic mass is 9.61. The minimum Gasteiger partial charge on any atom is -0.414 e. The van der Waals surface area contributed by atoms with E-state index in [4.69, 9.17) is 4.43 Å². The van der Waals surface area contributed by atoms with Crippen LogP contribution in [0.5, 0.6) is 0 Å². The third-order valence-corrected chi connectivity index (χ3v) is 17.6. The Morgan fingerprint density at radius 3 is 2.50 bits per heavy atom. The lowest BCUT2D eigenvalue weighted by Crippen LogP contribution is -2.46. The van der Waals surface area contributed by atoms with E-state index in [2.05, 4.69) is 53.8 Å². The molecule has 1 aliphatic heterocycles. The summed E-state index contributed by atoms with van der Waals surface area (Å²) in [7, 11) is -5.00. The molecule has 6 heteroatoms. The van der Waals surface area contributed by atoms with Crippen molar-refractivity contribution in [1.29, 1.82) is 0 Å². The molecule has 34 heavy (non-hydrogen) atoms. The summed E-state index contributed by atoms with van der Waals surface area (Å²) < 4.78 is 33.6. The molecule has 8 atom stereocenters. The molecule has 0 radical (unpaired) electrons. The zero-order valence-electron chi connectivity index (χ0n) is 22.6. The Morgan fingerprint density at radius 1 is 1.15 bits per heavy atom. The number of carbonyl (C=O) groups excluding carboxylic acids is 1. The number of fused-ring (bicyclic) bond motifs is 2. The van der Waals surface area contributed by atoms with Crippen molar-refractivity contribution in [1.82, 2.24) is 0 Å². The Bertz CT molecular complexity index is 917. The average molecular weight is 509 g/mol. The van der Waals surface area contributed by atoms with Gasteiger partial charge in [0.1, 0.15) is 6.29 Å². The van der Waals surface area contributed by atoms with Crippen molar-refractivity contribution < 1.29 is 17.6 Å². The highest BCUT2D eigenvalue weighted by atomic mass is 32.2. The van der Waals surface area contributed by atoms with Gasteiger partial charge in [0.25, 0.3) is 0 Å². The van der Waals surface area contributed by atoms with Gasteiger partial charge in [0.05, 0.1) is 11.0 Å². The van der Waals surface area contributed by atoms with Crippen molar-refractivity contribution >= 4 is 24.4 Å². The van der Waals surface area contributed by atoms with Crippen molar-refractivity contribution in [2.45, 2.75) is 115 Å². The van der Waals surface area contributed by atoms with E-state index >= 15 is 0 Å². The monoisotopic (exact) mass is 508 g/mol. The summed E-state index contributed by atoms with van der Waals surface area (Å²) >= 11 is 0. The van der Waals surface area contributed by atoms with Gasteiger partial charge in [-0.05, 0) is 98.6 Å². The Labute approximate surface area is 209 Å². The van der Waals surface area contributed by atoms with Crippen LogP contribution in [0.3, 0.4) is 0 Å². The number of aldehydes is 1. The maximum atomic E-state index is 13.4. The third kappa shape index (κ3) is 4.65. The maximum absolute atomic E-state index is 13.4. The fourth-order valence-electron chi connectivity index (χ4n) is 7.89. The largest absolute Gasteiger partial charge is 0.414 e. The molecule has 194 valence electrons. The zero-order chi connectivity index (χ0) is 25.1. The van der Waals surface area contributed by atoms with Gasteiger partial charge in [0.2, 0.25) is 0 Å². The van der Waals surface area contributed by atoms with E-state index in [1.807, 2.05) is 0 Å². The van der Waals surface area contributed by atoms with Gasteiger partial charge in [-0.2, -0.15) is 0 Å². The van der Waals surface area contributed by atoms with Crippen molar-refractivity contribution in [3.63, 3.8) is 0 Å². The molecule has 4 fully saturated rings. The van der Waals surface area contributed by atoms with Gasteiger partial charge in [-0.1, -0.05) is 46.3 Å². The Kier molecular flexibility index (Phi) is 7.14. The number of rotatable bonds is 5. The van der Waals surface area contributed by atoms with Crippen LogP contribution in [0, 0.1) is 35.0 Å². The molecule has 3 aliphatic carbocycles. The van der Waals surface area contributed by atoms with E-state index in [9.17, 15) is 13.2 Å². The summed E-state index contributed by atoms with van der Waals surface area (Å²) in [5, 5.41) is -0.180. The number of carbonyl (C=O) groups is 1. The minimum absolute atomic E-state index is 0.0838. The first kappa shape index (κ1) is 26.6. The van der Waals surface area contributed by atoms with Crippen LogP contribution >= 0.6 is 0 Å². The molecule has 4 aliphatic rings. The first-order valence-corrected chi connectivity index (χ1v) is 18.4. The van der Waals surface area contributed by atoms with Crippen LogP contribution in [0.25, 0.3) is 0 Å². The molecule has 1 heterocycles. The highest BCUT2D eigenvalue weighted by molar-refractivity contribution is 7.92. The van der Waals surface area contributed by atoms with Crippen LogP contribution in [0.15, 0.2) is 11.6 Å². The summed E-state index contributed by atoms with van der Waals surface area (Å²) in [6, 6.07) is 0. The molecular formula is C28H48O4SSi. The first-order valence-electron chi connectivity index (χ1n) is 13.7. The van der Waals surface area contributed by atoms with Gasteiger partial charge in [-0.3, -0.25) is 0 Å². The predicted molar refractivity (Wildman–Crippen MR) is 142 cm³/mol. The van der Waals surface area contributed by atoms with Crippen LogP contribution < -0.4 is 0 Å². The summed E-state index contributed by atoms with van der Waals surface area (Å²) in [4.78, 5) is 11.6. The van der Waals surface area contributed by atoms with Gasteiger partial charge in [0.15, 0.2) is 18.2 Å². The fourth-order valence-corrected chi connectivity index (χ4v) is 11.8. The normalized spacial score (nSPS) is 42.3. The molecule has 0 bridgehead atoms. The molecule has 0 aromatic carbocycles. The highest BCUT2D eigenvalue weighted by Gasteiger charge is 2.53. The molecule has 3 saturated carbocycles. The SMILES string of the molecule is C[C@H](C=O)[C@H]1CC[C@@H]2/C(=C/[C@@H]3[C@@H]4C[C@@H](O[Si](C)(C)C(C)(C)C)CC[C@H]4CS3(=O)=O)CCC[C@@]21C. The molecule has 0 aromatic rings. The van der Waals surface area contributed by atoms with Crippen LogP contribution in [-0.4, -0.2) is 40.1 Å². The molecule has 0 amide bonds. The maximum Gasteiger partial charge on any atom is 0.192 e. The summed E-state index contributed by atoms with van der Waals surface area (Å²) in [5.74, 6) is 1.77. The summed E-state index contributed by atoms with van der Waals surface area (Å²) in [6.07, 6.45) is 11.9. The van der Waals surface area contributed by atoms with E-state index < -0.39 is 18.2 Å². The average Bonchev–Trinajstić information content (AvgIpc) is 3.20. The highest BCUT2D eigenvalue weighted by Crippen LogP contribution is 2.59. The standard InChI is InChI=1S/C28H48O4SSi/c1-19(17-29)24-12-13-25-20(9-8-14-28(24,25)5)15-26-23-16-22(32-34(6,7)27(2,3)4)11-10-21(23)18-33(26,30)31/h15,17,19,21-26H,8-14,16,18H2,1-7H3/b20-15+/t19-,21+,22+,23-,24-,25-,26-,28-/m1/s1. The zero-order valence-corrected chi connectivity index (χ0v) is 24.4. The van der Waals surface area contributed by atoms with Gasteiger partial charge >= 0.3 is 0 Å². The van der Waals surface area contributed by atoms with Crippen molar-refractivity contribution in [2.75, 3.05) is 5.75 Å². The van der Waals surface area contributed by atoms with E-state index in [-0.39, 0.29) is 39.6 Å². The fraction of sp³-hybridized carbons (Fsp3) is 0.893. The van der Waals surface area contributed by atoms with Gasteiger partial charge < -0.3 is 9.22 Å². The quantitative estimate of drug-likeness (QED) is 0.239. The second-order valence-electron chi connectivity index (χ2n) is 13.9. The summed E-state index contributed by atoms with van der Waals surface area (Å²) in [6.45, 7) is 15.9. The van der Waals surface area contributed by atoms with Crippen LogP contribution in [0.2, 0.25) is 18.1 Å². The second-order valence-corrected chi connectivity index (χ2v) is 20.8. The molecular weight excluding hydrogens is 460 g/mol. The lowest BCUT2D eigenvalue weighted by Gasteiger charge is -2.44. The number of hydrogen-bond donors (Lipinski definition) is 0. The molecule has 4 nitrogen and oxygen atoms in total. The van der Waals surface area contributed by atoms with Crippen LogP contribution in [0.1, 0.15) is 86.0 Å². The Balaban J connectivity index is 1.58. The third-order valence-electron chi connectivity index (χ3n) is 10.8. The molecule has 0 unspecified atom stereocenters. The topological polar surface area (TPSA) is 60.4 Å². The molecule has 0 N–H and O–H groups in total. The smallest absolute Gasteiger partial charge is 0.192 e. The van der Waals surface area contributed by atoms with Crippen molar-refractivity contribution in [2.24, 2.45) is 35.0 Å². The number of allylic oxidation sites excluding steroid dienone is 1. The van der Waals surface area contributed by atoms with E-state index in [1.54, 1.807) is 0 Å². The second kappa shape index (κ2) is 9.13. The van der Waals surface area contributed by atoms with Crippen molar-refractivity contribution in [3.8, 4) is 0 Å². The Hall–Kier alpha value is -0.463. The molecule has 0 spiro atoms.